The molecule has 34 heavy (non-hydrogen) atoms. The van der Waals surface area contributed by atoms with Crippen LogP contribution in [0, 0.1) is 5.92 Å². The summed E-state index contributed by atoms with van der Waals surface area (Å²) in [6.45, 7) is 2.24. The van der Waals surface area contributed by atoms with Crippen molar-refractivity contribution in [1.29, 1.82) is 0 Å². The van der Waals surface area contributed by atoms with E-state index in [1.807, 2.05) is 60.7 Å². The molecule has 0 radical (unpaired) electrons. The van der Waals surface area contributed by atoms with Gasteiger partial charge in [0.25, 0.3) is 0 Å². The molecule has 0 saturated carbocycles. The van der Waals surface area contributed by atoms with Crippen molar-refractivity contribution in [2.45, 2.75) is 24.2 Å². The van der Waals surface area contributed by atoms with Crippen LogP contribution in [-0.4, -0.2) is 40.3 Å². The van der Waals surface area contributed by atoms with E-state index in [4.69, 9.17) is 9.47 Å². The van der Waals surface area contributed by atoms with Crippen LogP contribution in [0.15, 0.2) is 89.4 Å². The second-order valence-corrected chi connectivity index (χ2v) is 13.8. The standard InChI is InChI=1S/C27H28BrNO4Si/c1-32-26(30)22-23(18-14-16-19(28)17-15-18)29-24(27(31)33-2)25(22)34(3,20-10-6-4-7-11-20)21-12-8-5-9-13-21/h4-17,22-25,29H,1-3H3/t22-,23+,24+,25+/m1/s1. The second kappa shape index (κ2) is 10.3. The molecule has 1 fully saturated rings. The molecule has 0 aliphatic carbocycles. The molecule has 176 valence electrons. The lowest BCUT2D eigenvalue weighted by Gasteiger charge is -2.39. The average molecular weight is 539 g/mol. The largest absolute Gasteiger partial charge is 0.469 e. The molecular weight excluding hydrogens is 510 g/mol. The first-order chi connectivity index (χ1) is 16.4. The van der Waals surface area contributed by atoms with Gasteiger partial charge in [-0.25, -0.2) is 0 Å². The van der Waals surface area contributed by atoms with Crippen LogP contribution in [0.4, 0.5) is 0 Å². The predicted molar refractivity (Wildman–Crippen MR) is 139 cm³/mol. The van der Waals surface area contributed by atoms with Gasteiger partial charge in [-0.3, -0.25) is 14.9 Å². The van der Waals surface area contributed by atoms with E-state index in [-0.39, 0.29) is 17.5 Å². The highest BCUT2D eigenvalue weighted by Gasteiger charge is 2.59. The van der Waals surface area contributed by atoms with Gasteiger partial charge in [0.2, 0.25) is 0 Å². The predicted octanol–water partition coefficient (Wildman–Crippen LogP) is 3.69. The molecule has 1 aliphatic heterocycles. The maximum absolute atomic E-state index is 13.4. The second-order valence-electron chi connectivity index (χ2n) is 8.71. The van der Waals surface area contributed by atoms with Crippen LogP contribution < -0.4 is 15.7 Å². The fourth-order valence-corrected chi connectivity index (χ4v) is 10.4. The Morgan fingerprint density at radius 3 is 1.76 bits per heavy atom. The van der Waals surface area contributed by atoms with Crippen molar-refractivity contribution in [3.8, 4) is 0 Å². The van der Waals surface area contributed by atoms with E-state index >= 15 is 0 Å². The molecule has 4 rings (SSSR count). The Labute approximate surface area is 209 Å². The summed E-state index contributed by atoms with van der Waals surface area (Å²) in [5, 5.41) is 5.77. The Morgan fingerprint density at radius 1 is 0.794 bits per heavy atom. The smallest absolute Gasteiger partial charge is 0.322 e. The third-order valence-corrected chi connectivity index (χ3v) is 12.7. The minimum absolute atomic E-state index is 0.331. The number of methoxy groups -OCH3 is 2. The summed E-state index contributed by atoms with van der Waals surface area (Å²) in [7, 11) is 0.0923. The minimum Gasteiger partial charge on any atom is -0.469 e. The molecule has 4 atom stereocenters. The van der Waals surface area contributed by atoms with E-state index in [2.05, 4.69) is 52.1 Å². The first-order valence-corrected chi connectivity index (χ1v) is 14.6. The first kappa shape index (κ1) is 24.4. The summed E-state index contributed by atoms with van der Waals surface area (Å²) >= 11 is 3.48. The third kappa shape index (κ3) is 4.35. The zero-order valence-corrected chi connectivity index (χ0v) is 22.0. The molecule has 1 aliphatic rings. The third-order valence-electron chi connectivity index (χ3n) is 7.04. The Hall–Kier alpha value is -2.74. The maximum atomic E-state index is 13.4. The molecule has 3 aromatic carbocycles. The lowest BCUT2D eigenvalue weighted by Crippen LogP contribution is -2.64. The van der Waals surface area contributed by atoms with Crippen LogP contribution in [0.3, 0.4) is 0 Å². The Kier molecular flexibility index (Phi) is 7.35. The molecule has 1 saturated heterocycles. The first-order valence-electron chi connectivity index (χ1n) is 11.2. The van der Waals surface area contributed by atoms with Gasteiger partial charge in [0.1, 0.15) is 14.1 Å². The van der Waals surface area contributed by atoms with Crippen LogP contribution in [0.1, 0.15) is 11.6 Å². The van der Waals surface area contributed by atoms with Crippen molar-refractivity contribution in [1.82, 2.24) is 5.32 Å². The van der Waals surface area contributed by atoms with Crippen molar-refractivity contribution in [2.24, 2.45) is 5.92 Å². The Bertz CT molecular complexity index is 1100. The highest BCUT2D eigenvalue weighted by atomic mass is 79.9. The molecule has 0 unspecified atom stereocenters. The SMILES string of the molecule is COC(=O)[C@H]1[C@H]([Si](C)(c2ccccc2)c2ccccc2)[C@@H](C(=O)OC)N[C@H]1c1ccc(Br)cc1. The summed E-state index contributed by atoms with van der Waals surface area (Å²) in [5.74, 6) is -1.28. The molecule has 0 bridgehead atoms. The van der Waals surface area contributed by atoms with Crippen LogP contribution in [0.25, 0.3) is 0 Å². The van der Waals surface area contributed by atoms with E-state index < -0.39 is 26.1 Å². The molecular formula is C27H28BrNO4Si. The van der Waals surface area contributed by atoms with Crippen LogP contribution >= 0.6 is 15.9 Å². The number of rotatable bonds is 6. The molecule has 0 aromatic heterocycles. The number of benzene rings is 3. The number of ether oxygens (including phenoxy) is 2. The summed E-state index contributed by atoms with van der Waals surface area (Å²) < 4.78 is 11.6. The van der Waals surface area contributed by atoms with Crippen molar-refractivity contribution in [3.63, 3.8) is 0 Å². The monoisotopic (exact) mass is 537 g/mol. The van der Waals surface area contributed by atoms with Crippen molar-refractivity contribution in [3.05, 3.63) is 95.0 Å². The average Bonchev–Trinajstić information content (AvgIpc) is 3.30. The van der Waals surface area contributed by atoms with Crippen molar-refractivity contribution >= 4 is 46.3 Å². The molecule has 3 aromatic rings. The highest BCUT2D eigenvalue weighted by molar-refractivity contribution is 9.10. The van der Waals surface area contributed by atoms with Gasteiger partial charge in [-0.1, -0.05) is 106 Å². The van der Waals surface area contributed by atoms with E-state index in [9.17, 15) is 9.59 Å². The van der Waals surface area contributed by atoms with E-state index in [0.717, 1.165) is 20.4 Å². The summed E-state index contributed by atoms with van der Waals surface area (Å²) in [6, 6.07) is 27.2. The van der Waals surface area contributed by atoms with E-state index in [1.54, 1.807) is 0 Å². The van der Waals surface area contributed by atoms with Gasteiger partial charge in [-0.15, -0.1) is 0 Å². The zero-order chi connectivity index (χ0) is 24.3. The van der Waals surface area contributed by atoms with Gasteiger partial charge in [-0.05, 0) is 17.7 Å². The van der Waals surface area contributed by atoms with E-state index in [0.29, 0.717) is 0 Å². The number of halogens is 1. The molecule has 0 spiro atoms. The summed E-state index contributed by atoms with van der Waals surface area (Å²) in [4.78, 5) is 26.6. The molecule has 1 heterocycles. The number of nitrogens with one attached hydrogen (secondary N) is 1. The number of carbonyl (C=O) groups excluding carboxylic acids is 2. The number of hydrogen-bond donors (Lipinski definition) is 1. The fourth-order valence-electron chi connectivity index (χ4n) is 5.36. The molecule has 1 N–H and O–H groups in total. The summed E-state index contributed by atoms with van der Waals surface area (Å²) in [5.41, 5.74) is 0.582. The van der Waals surface area contributed by atoms with Crippen LogP contribution in [0.5, 0.6) is 0 Å². The van der Waals surface area contributed by atoms with Gasteiger partial charge in [0, 0.05) is 16.1 Å². The lowest BCUT2D eigenvalue weighted by atomic mass is 9.93. The van der Waals surface area contributed by atoms with Crippen LogP contribution in [-0.2, 0) is 19.1 Å². The number of esters is 2. The molecule has 7 heteroatoms. The van der Waals surface area contributed by atoms with Gasteiger partial charge in [0.05, 0.1) is 20.1 Å². The Morgan fingerprint density at radius 2 is 1.29 bits per heavy atom. The van der Waals surface area contributed by atoms with Crippen molar-refractivity contribution < 1.29 is 19.1 Å². The topological polar surface area (TPSA) is 64.6 Å². The minimum atomic E-state index is -2.71. The fraction of sp³-hybridized carbons (Fsp3) is 0.259. The highest BCUT2D eigenvalue weighted by Crippen LogP contribution is 2.47. The number of hydrogen-bond acceptors (Lipinski definition) is 5. The lowest BCUT2D eigenvalue weighted by molar-refractivity contribution is -0.146. The van der Waals surface area contributed by atoms with Crippen molar-refractivity contribution in [2.75, 3.05) is 14.2 Å². The molecule has 5 nitrogen and oxygen atoms in total. The van der Waals surface area contributed by atoms with Gasteiger partial charge in [0.15, 0.2) is 0 Å². The normalized spacial score (nSPS) is 22.2. The van der Waals surface area contributed by atoms with E-state index in [1.165, 1.54) is 14.2 Å². The Balaban J connectivity index is 1.96. The zero-order valence-electron chi connectivity index (χ0n) is 19.4. The maximum Gasteiger partial charge on any atom is 0.322 e. The quantitative estimate of drug-likeness (QED) is 0.383. The summed E-state index contributed by atoms with van der Waals surface area (Å²) in [6.07, 6.45) is 0. The number of carbonyl (C=O) groups is 2. The van der Waals surface area contributed by atoms with Crippen LogP contribution in [0.2, 0.25) is 12.1 Å². The van der Waals surface area contributed by atoms with Gasteiger partial charge in [-0.2, -0.15) is 0 Å². The molecule has 0 amide bonds. The van der Waals surface area contributed by atoms with Gasteiger partial charge < -0.3 is 9.47 Å². The van der Waals surface area contributed by atoms with Gasteiger partial charge >= 0.3 is 11.9 Å².